The van der Waals surface area contributed by atoms with Crippen molar-refractivity contribution in [3.05, 3.63) is 82.9 Å². The number of hydrogen-bond acceptors (Lipinski definition) is 2. The van der Waals surface area contributed by atoms with Crippen molar-refractivity contribution in [1.29, 1.82) is 0 Å². The van der Waals surface area contributed by atoms with Crippen LogP contribution in [0, 0.1) is 0 Å². The fraction of sp³-hybridized carbons (Fsp3) is 0.105. The maximum atomic E-state index is 12.5. The summed E-state index contributed by atoms with van der Waals surface area (Å²) in [6.45, 7) is 0.746. The lowest BCUT2D eigenvalue weighted by Crippen LogP contribution is -2.09. The molecule has 0 aromatic heterocycles. The van der Waals surface area contributed by atoms with Gasteiger partial charge in [-0.15, -0.1) is 0 Å². The van der Waals surface area contributed by atoms with Crippen molar-refractivity contribution in [1.82, 2.24) is 5.32 Å². The van der Waals surface area contributed by atoms with Gasteiger partial charge in [-0.25, -0.2) is 0 Å². The summed E-state index contributed by atoms with van der Waals surface area (Å²) >= 11 is 0. The lowest BCUT2D eigenvalue weighted by molar-refractivity contribution is -0.114. The number of hydrogen-bond donors (Lipinski definition) is 1. The van der Waals surface area contributed by atoms with E-state index in [4.69, 9.17) is 0 Å². The summed E-state index contributed by atoms with van der Waals surface area (Å²) in [5, 5.41) is 3.41. The average Bonchev–Trinajstić information content (AvgIpc) is 3.11. The first-order chi connectivity index (χ1) is 10.3. The molecule has 2 heteroatoms. The zero-order valence-corrected chi connectivity index (χ0v) is 11.6. The Hall–Kier alpha value is -2.61. The van der Waals surface area contributed by atoms with Crippen LogP contribution in [-0.4, -0.2) is 12.3 Å². The molecule has 2 aromatic rings. The third-order valence-electron chi connectivity index (χ3n) is 4.16. The van der Waals surface area contributed by atoms with Gasteiger partial charge in [-0.1, -0.05) is 60.7 Å². The summed E-state index contributed by atoms with van der Waals surface area (Å²) in [6, 6.07) is 20.3. The standard InChI is InChI=1S/C19H15NO/c21-17-11-15(13-7-3-1-4-8-13)16-12-20-19(18(16)17)14-9-5-2-6-10-14/h1-10,20H,11-12H2. The lowest BCUT2D eigenvalue weighted by atomic mass is 10.0. The van der Waals surface area contributed by atoms with Crippen LogP contribution in [0.5, 0.6) is 0 Å². The fourth-order valence-corrected chi connectivity index (χ4v) is 3.19. The SMILES string of the molecule is O=C1CC(c2ccccc2)=C2CNC(c3ccccc3)=C12. The number of Topliss-reactive ketones (excluding diaryl/α,β-unsaturated/α-hetero) is 1. The van der Waals surface area contributed by atoms with Crippen LogP contribution in [0.4, 0.5) is 0 Å². The molecule has 0 atom stereocenters. The van der Waals surface area contributed by atoms with Gasteiger partial charge in [0.1, 0.15) is 0 Å². The predicted molar refractivity (Wildman–Crippen MR) is 84.4 cm³/mol. The first-order valence-electron chi connectivity index (χ1n) is 7.19. The maximum absolute atomic E-state index is 12.5. The molecule has 0 saturated heterocycles. The largest absolute Gasteiger partial charge is 0.380 e. The Kier molecular flexibility index (Phi) is 2.74. The van der Waals surface area contributed by atoms with Crippen LogP contribution >= 0.6 is 0 Å². The Labute approximate surface area is 123 Å². The lowest BCUT2D eigenvalue weighted by Gasteiger charge is -2.06. The van der Waals surface area contributed by atoms with Crippen LogP contribution in [0.2, 0.25) is 0 Å². The number of fused-ring (bicyclic) bond motifs is 1. The van der Waals surface area contributed by atoms with Crippen molar-refractivity contribution >= 4 is 17.1 Å². The number of allylic oxidation sites excluding steroid dienone is 1. The minimum Gasteiger partial charge on any atom is -0.380 e. The topological polar surface area (TPSA) is 29.1 Å². The van der Waals surface area contributed by atoms with Crippen LogP contribution in [0.3, 0.4) is 0 Å². The third kappa shape index (κ3) is 1.91. The number of carbonyl (C=O) groups is 1. The van der Waals surface area contributed by atoms with Crippen molar-refractivity contribution in [2.45, 2.75) is 6.42 Å². The van der Waals surface area contributed by atoms with Crippen molar-refractivity contribution < 1.29 is 4.79 Å². The van der Waals surface area contributed by atoms with E-state index in [1.807, 2.05) is 48.5 Å². The van der Waals surface area contributed by atoms with E-state index in [0.717, 1.165) is 28.9 Å². The molecular weight excluding hydrogens is 258 g/mol. The van der Waals surface area contributed by atoms with Crippen LogP contribution < -0.4 is 5.32 Å². The molecule has 2 aliphatic rings. The van der Waals surface area contributed by atoms with E-state index in [9.17, 15) is 4.79 Å². The normalized spacial score (nSPS) is 17.2. The maximum Gasteiger partial charge on any atom is 0.169 e. The second kappa shape index (κ2) is 4.74. The molecule has 4 rings (SSSR count). The van der Waals surface area contributed by atoms with Gasteiger partial charge in [0.25, 0.3) is 0 Å². The molecule has 0 saturated carbocycles. The highest BCUT2D eigenvalue weighted by Crippen LogP contribution is 2.41. The second-order valence-electron chi connectivity index (χ2n) is 5.39. The highest BCUT2D eigenvalue weighted by Gasteiger charge is 2.34. The van der Waals surface area contributed by atoms with Gasteiger partial charge in [0, 0.05) is 18.5 Å². The van der Waals surface area contributed by atoms with Gasteiger partial charge in [0.05, 0.1) is 5.70 Å². The van der Waals surface area contributed by atoms with Crippen LogP contribution in [-0.2, 0) is 4.79 Å². The van der Waals surface area contributed by atoms with E-state index in [2.05, 4.69) is 17.4 Å². The summed E-state index contributed by atoms with van der Waals surface area (Å²) in [5.41, 5.74) is 6.47. The Bertz CT molecular complexity index is 770. The molecule has 0 radical (unpaired) electrons. The highest BCUT2D eigenvalue weighted by molar-refractivity contribution is 6.18. The van der Waals surface area contributed by atoms with E-state index in [-0.39, 0.29) is 5.78 Å². The van der Waals surface area contributed by atoms with E-state index in [1.165, 1.54) is 11.1 Å². The molecule has 0 fully saturated rings. The number of ketones is 1. The van der Waals surface area contributed by atoms with Crippen molar-refractivity contribution in [2.75, 3.05) is 6.54 Å². The van der Waals surface area contributed by atoms with Gasteiger partial charge in [-0.3, -0.25) is 4.79 Å². The minimum absolute atomic E-state index is 0.229. The summed E-state index contributed by atoms with van der Waals surface area (Å²) < 4.78 is 0. The molecule has 2 nitrogen and oxygen atoms in total. The summed E-state index contributed by atoms with van der Waals surface area (Å²) in [5.74, 6) is 0.229. The Morgan fingerprint density at radius 2 is 1.38 bits per heavy atom. The summed E-state index contributed by atoms with van der Waals surface area (Å²) in [6.07, 6.45) is 0.521. The Balaban J connectivity index is 1.87. The van der Waals surface area contributed by atoms with Crippen molar-refractivity contribution in [3.63, 3.8) is 0 Å². The number of benzene rings is 2. The van der Waals surface area contributed by atoms with Gasteiger partial charge < -0.3 is 5.32 Å². The first kappa shape index (κ1) is 12.2. The Morgan fingerprint density at radius 3 is 2.05 bits per heavy atom. The predicted octanol–water partition coefficient (Wildman–Crippen LogP) is 3.43. The highest BCUT2D eigenvalue weighted by atomic mass is 16.1. The molecule has 2 aromatic carbocycles. The zero-order chi connectivity index (χ0) is 14.2. The van der Waals surface area contributed by atoms with Gasteiger partial charge in [-0.2, -0.15) is 0 Å². The molecule has 0 spiro atoms. The van der Waals surface area contributed by atoms with E-state index >= 15 is 0 Å². The van der Waals surface area contributed by atoms with E-state index in [1.54, 1.807) is 0 Å². The average molecular weight is 273 g/mol. The second-order valence-corrected chi connectivity index (χ2v) is 5.39. The quantitative estimate of drug-likeness (QED) is 0.908. The molecule has 21 heavy (non-hydrogen) atoms. The molecule has 0 amide bonds. The van der Waals surface area contributed by atoms with Gasteiger partial charge in [0.15, 0.2) is 5.78 Å². The number of carbonyl (C=O) groups excluding carboxylic acids is 1. The molecule has 102 valence electrons. The molecule has 0 unspecified atom stereocenters. The summed E-state index contributed by atoms with van der Waals surface area (Å²) in [7, 11) is 0. The number of rotatable bonds is 2. The van der Waals surface area contributed by atoms with E-state index in [0.29, 0.717) is 6.42 Å². The van der Waals surface area contributed by atoms with Crippen molar-refractivity contribution in [3.8, 4) is 0 Å². The minimum atomic E-state index is 0.229. The molecule has 0 bridgehead atoms. The third-order valence-corrected chi connectivity index (χ3v) is 4.16. The first-order valence-corrected chi connectivity index (χ1v) is 7.19. The van der Waals surface area contributed by atoms with E-state index < -0.39 is 0 Å². The molecule has 1 N–H and O–H groups in total. The summed E-state index contributed by atoms with van der Waals surface area (Å²) in [4.78, 5) is 12.5. The van der Waals surface area contributed by atoms with Crippen molar-refractivity contribution in [2.24, 2.45) is 0 Å². The Morgan fingerprint density at radius 1 is 0.762 bits per heavy atom. The molecule has 1 heterocycles. The smallest absolute Gasteiger partial charge is 0.169 e. The van der Waals surface area contributed by atoms with Crippen LogP contribution in [0.1, 0.15) is 17.5 Å². The molecule has 1 aliphatic heterocycles. The number of nitrogens with one attached hydrogen (secondary N) is 1. The zero-order valence-electron chi connectivity index (χ0n) is 11.6. The van der Waals surface area contributed by atoms with Gasteiger partial charge in [-0.05, 0) is 22.3 Å². The molecular formula is C19H15NO. The monoisotopic (exact) mass is 273 g/mol. The van der Waals surface area contributed by atoms with Gasteiger partial charge in [0.2, 0.25) is 0 Å². The molecule has 1 aliphatic carbocycles. The van der Waals surface area contributed by atoms with Crippen LogP contribution in [0.15, 0.2) is 71.8 Å². The fourth-order valence-electron chi connectivity index (χ4n) is 3.19. The van der Waals surface area contributed by atoms with Gasteiger partial charge >= 0.3 is 0 Å². The van der Waals surface area contributed by atoms with Crippen LogP contribution in [0.25, 0.3) is 11.3 Å².